The Hall–Kier alpha value is -1.72. The first kappa shape index (κ1) is 16.1. The zero-order chi connectivity index (χ0) is 16.2. The van der Waals surface area contributed by atoms with Crippen LogP contribution < -0.4 is 5.73 Å². The average molecular weight is 329 g/mol. The van der Waals surface area contributed by atoms with E-state index in [-0.39, 0.29) is 11.9 Å². The highest BCUT2D eigenvalue weighted by Gasteiger charge is 2.21. The van der Waals surface area contributed by atoms with Crippen molar-refractivity contribution >= 4 is 17.2 Å². The van der Waals surface area contributed by atoms with Crippen molar-refractivity contribution in [1.82, 2.24) is 9.88 Å². The molecule has 0 saturated carbocycles. The quantitative estimate of drug-likeness (QED) is 0.938. The van der Waals surface area contributed by atoms with E-state index in [1.807, 2.05) is 10.3 Å². The first-order chi connectivity index (χ1) is 11.2. The molecule has 1 saturated heterocycles. The van der Waals surface area contributed by atoms with Crippen LogP contribution in [-0.4, -0.2) is 34.9 Å². The van der Waals surface area contributed by atoms with Crippen LogP contribution in [0, 0.1) is 0 Å². The van der Waals surface area contributed by atoms with E-state index in [4.69, 9.17) is 5.73 Å². The third kappa shape index (κ3) is 3.98. The number of nitrogens with two attached hydrogens (primary N) is 1. The van der Waals surface area contributed by atoms with Crippen LogP contribution in [0.1, 0.15) is 31.0 Å². The first-order valence-corrected chi connectivity index (χ1v) is 9.10. The molecule has 4 nitrogen and oxygen atoms in total. The van der Waals surface area contributed by atoms with Crippen LogP contribution in [0.5, 0.6) is 0 Å². The zero-order valence-electron chi connectivity index (χ0n) is 13.5. The van der Waals surface area contributed by atoms with Crippen molar-refractivity contribution in [2.45, 2.75) is 38.6 Å². The van der Waals surface area contributed by atoms with Gasteiger partial charge < -0.3 is 10.6 Å². The van der Waals surface area contributed by atoms with Gasteiger partial charge in [-0.1, -0.05) is 31.2 Å². The highest BCUT2D eigenvalue weighted by molar-refractivity contribution is 7.13. The number of piperidine rings is 1. The van der Waals surface area contributed by atoms with E-state index in [2.05, 4.69) is 36.2 Å². The maximum absolute atomic E-state index is 12.4. The number of benzene rings is 1. The van der Waals surface area contributed by atoms with Gasteiger partial charge in [-0.05, 0) is 24.8 Å². The molecule has 0 aliphatic carbocycles. The normalized spacial score (nSPS) is 15.8. The van der Waals surface area contributed by atoms with Crippen LogP contribution in [0.15, 0.2) is 29.6 Å². The van der Waals surface area contributed by atoms with Crippen LogP contribution in [0.3, 0.4) is 0 Å². The zero-order valence-corrected chi connectivity index (χ0v) is 14.3. The number of carbonyl (C=O) groups excluding carboxylic acids is 1. The molecule has 23 heavy (non-hydrogen) atoms. The second kappa shape index (κ2) is 7.23. The van der Waals surface area contributed by atoms with E-state index in [9.17, 15) is 4.79 Å². The van der Waals surface area contributed by atoms with Crippen LogP contribution in [0.4, 0.5) is 0 Å². The number of aryl methyl sites for hydroxylation is 1. The Morgan fingerprint density at radius 3 is 2.65 bits per heavy atom. The van der Waals surface area contributed by atoms with E-state index in [0.29, 0.717) is 6.42 Å². The lowest BCUT2D eigenvalue weighted by Gasteiger charge is -2.30. The van der Waals surface area contributed by atoms with E-state index < -0.39 is 0 Å². The van der Waals surface area contributed by atoms with Crippen LogP contribution >= 0.6 is 11.3 Å². The molecule has 2 heterocycles. The van der Waals surface area contributed by atoms with Crippen molar-refractivity contribution in [3.05, 3.63) is 40.9 Å². The van der Waals surface area contributed by atoms with Crippen molar-refractivity contribution in [2.75, 3.05) is 13.1 Å². The molecule has 1 amide bonds. The summed E-state index contributed by atoms with van der Waals surface area (Å²) in [7, 11) is 0. The largest absolute Gasteiger partial charge is 0.342 e. The molecule has 1 aromatic carbocycles. The van der Waals surface area contributed by atoms with E-state index >= 15 is 0 Å². The summed E-state index contributed by atoms with van der Waals surface area (Å²) in [6.45, 7) is 3.69. The highest BCUT2D eigenvalue weighted by Crippen LogP contribution is 2.24. The van der Waals surface area contributed by atoms with Crippen LogP contribution in [0.2, 0.25) is 0 Å². The fourth-order valence-electron chi connectivity index (χ4n) is 2.82. The highest BCUT2D eigenvalue weighted by atomic mass is 32.1. The van der Waals surface area contributed by atoms with Crippen molar-refractivity contribution in [1.29, 1.82) is 0 Å². The maximum atomic E-state index is 12.4. The molecule has 0 unspecified atom stereocenters. The summed E-state index contributed by atoms with van der Waals surface area (Å²) < 4.78 is 0. The van der Waals surface area contributed by atoms with Gasteiger partial charge in [0.2, 0.25) is 5.91 Å². The summed E-state index contributed by atoms with van der Waals surface area (Å²) in [5, 5.41) is 2.98. The second-order valence-corrected chi connectivity index (χ2v) is 6.95. The molecule has 0 spiro atoms. The van der Waals surface area contributed by atoms with Gasteiger partial charge in [0.15, 0.2) is 0 Å². The van der Waals surface area contributed by atoms with Gasteiger partial charge in [-0.25, -0.2) is 4.98 Å². The van der Waals surface area contributed by atoms with Gasteiger partial charge in [-0.3, -0.25) is 4.79 Å². The van der Waals surface area contributed by atoms with E-state index in [0.717, 1.165) is 48.6 Å². The molecule has 2 N–H and O–H groups in total. The average Bonchev–Trinajstić information content (AvgIpc) is 3.04. The van der Waals surface area contributed by atoms with Crippen LogP contribution in [0.25, 0.3) is 10.6 Å². The Kier molecular flexibility index (Phi) is 5.08. The smallest absolute Gasteiger partial charge is 0.228 e. The van der Waals surface area contributed by atoms with Crippen molar-refractivity contribution in [2.24, 2.45) is 5.73 Å². The Morgan fingerprint density at radius 2 is 2.00 bits per heavy atom. The summed E-state index contributed by atoms with van der Waals surface area (Å²) in [5.74, 6) is 0.162. The molecule has 1 aromatic heterocycles. The minimum absolute atomic E-state index is 0.162. The summed E-state index contributed by atoms with van der Waals surface area (Å²) >= 11 is 1.60. The molecular formula is C18H23N3OS. The molecule has 1 aliphatic heterocycles. The molecule has 0 radical (unpaired) electrons. The standard InChI is InChI=1S/C18H23N3OS/c1-2-13-3-5-14(6-4-13)18-20-16(12-23-18)11-17(22)21-9-7-15(19)8-10-21/h3-6,12,15H,2,7-11,19H2,1H3. The lowest BCUT2D eigenvalue weighted by molar-refractivity contribution is -0.131. The number of aromatic nitrogens is 1. The van der Waals surface area contributed by atoms with Gasteiger partial charge in [-0.2, -0.15) is 0 Å². The number of rotatable bonds is 4. The maximum Gasteiger partial charge on any atom is 0.228 e. The van der Waals surface area contributed by atoms with Gasteiger partial charge in [0.05, 0.1) is 12.1 Å². The molecule has 122 valence electrons. The molecular weight excluding hydrogens is 306 g/mol. The summed E-state index contributed by atoms with van der Waals surface area (Å²) in [5.41, 5.74) is 9.20. The van der Waals surface area contributed by atoms with Crippen molar-refractivity contribution in [3.8, 4) is 10.6 Å². The molecule has 0 atom stereocenters. The SMILES string of the molecule is CCc1ccc(-c2nc(CC(=O)N3CCC(N)CC3)cs2)cc1. The first-order valence-electron chi connectivity index (χ1n) is 8.22. The number of amides is 1. The van der Waals surface area contributed by atoms with E-state index in [1.165, 1.54) is 5.56 Å². The molecule has 3 rings (SSSR count). The van der Waals surface area contributed by atoms with Crippen molar-refractivity contribution in [3.63, 3.8) is 0 Å². The molecule has 1 fully saturated rings. The number of hydrogen-bond acceptors (Lipinski definition) is 4. The summed E-state index contributed by atoms with van der Waals surface area (Å²) in [6, 6.07) is 8.73. The lowest BCUT2D eigenvalue weighted by Crippen LogP contribution is -2.43. The van der Waals surface area contributed by atoms with Gasteiger partial charge in [0, 0.05) is 30.1 Å². The second-order valence-electron chi connectivity index (χ2n) is 6.09. The molecule has 5 heteroatoms. The molecule has 0 bridgehead atoms. The molecule has 1 aliphatic rings. The third-order valence-electron chi connectivity index (χ3n) is 4.39. The fourth-order valence-corrected chi connectivity index (χ4v) is 3.65. The Balaban J connectivity index is 1.63. The number of carbonyl (C=O) groups is 1. The molecule has 2 aromatic rings. The van der Waals surface area contributed by atoms with Gasteiger partial charge in [0.25, 0.3) is 0 Å². The van der Waals surface area contributed by atoms with Gasteiger partial charge >= 0.3 is 0 Å². The topological polar surface area (TPSA) is 59.2 Å². The third-order valence-corrected chi connectivity index (χ3v) is 5.33. The number of likely N-dealkylation sites (tertiary alicyclic amines) is 1. The monoisotopic (exact) mass is 329 g/mol. The van der Waals surface area contributed by atoms with Gasteiger partial charge in [-0.15, -0.1) is 11.3 Å². The predicted octanol–water partition coefficient (Wildman–Crippen LogP) is 2.86. The summed E-state index contributed by atoms with van der Waals surface area (Å²) in [6.07, 6.45) is 3.23. The number of nitrogens with zero attached hydrogens (tertiary/aromatic N) is 2. The Bertz CT molecular complexity index is 657. The number of thiazole rings is 1. The van der Waals surface area contributed by atoms with E-state index in [1.54, 1.807) is 11.3 Å². The van der Waals surface area contributed by atoms with Crippen molar-refractivity contribution < 1.29 is 4.79 Å². The minimum Gasteiger partial charge on any atom is -0.342 e. The van der Waals surface area contributed by atoms with Crippen LogP contribution in [-0.2, 0) is 17.6 Å². The lowest BCUT2D eigenvalue weighted by atomic mass is 10.1. The summed E-state index contributed by atoms with van der Waals surface area (Å²) in [4.78, 5) is 18.9. The Labute approximate surface area is 141 Å². The number of hydrogen-bond donors (Lipinski definition) is 1. The predicted molar refractivity (Wildman–Crippen MR) is 94.4 cm³/mol. The van der Waals surface area contributed by atoms with Gasteiger partial charge in [0.1, 0.15) is 5.01 Å². The Morgan fingerprint density at radius 1 is 1.30 bits per heavy atom. The fraction of sp³-hybridized carbons (Fsp3) is 0.444. The minimum atomic E-state index is 0.162.